The van der Waals surface area contributed by atoms with E-state index in [1.807, 2.05) is 48.2 Å². The highest BCUT2D eigenvalue weighted by Crippen LogP contribution is 2.32. The number of ether oxygens (including phenoxy) is 1. The van der Waals surface area contributed by atoms with E-state index in [0.717, 1.165) is 5.56 Å². The van der Waals surface area contributed by atoms with E-state index in [0.29, 0.717) is 45.8 Å². The average molecular weight is 524 g/mol. The highest BCUT2D eigenvalue weighted by molar-refractivity contribution is 7.91. The highest BCUT2D eigenvalue weighted by Gasteiger charge is 2.33. The van der Waals surface area contributed by atoms with E-state index in [9.17, 15) is 13.5 Å². The van der Waals surface area contributed by atoms with Crippen molar-refractivity contribution in [3.05, 3.63) is 76.0 Å². The molecule has 3 aromatic rings. The molecule has 0 amide bonds. The number of hydrogen-bond acceptors (Lipinski definition) is 6. The Balaban J connectivity index is 1.47. The lowest BCUT2D eigenvalue weighted by Crippen LogP contribution is -2.42. The number of sulfone groups is 1. The van der Waals surface area contributed by atoms with Crippen LogP contribution in [0.2, 0.25) is 10.0 Å². The van der Waals surface area contributed by atoms with Gasteiger partial charge in [-0.3, -0.25) is 4.90 Å². The summed E-state index contributed by atoms with van der Waals surface area (Å²) in [5, 5.41) is 11.8. The molecule has 1 aromatic heterocycles. The average Bonchev–Trinajstić information content (AvgIpc) is 3.39. The van der Waals surface area contributed by atoms with Gasteiger partial charge in [0.25, 0.3) is 0 Å². The summed E-state index contributed by atoms with van der Waals surface area (Å²) < 4.78 is 36.0. The third-order valence-corrected chi connectivity index (χ3v) is 8.13. The zero-order chi connectivity index (χ0) is 24.3. The molecule has 0 aliphatic carbocycles. The summed E-state index contributed by atoms with van der Waals surface area (Å²) in [4.78, 5) is 1.96. The third-order valence-electron chi connectivity index (χ3n) is 5.82. The Labute approximate surface area is 210 Å². The topological polar surface area (TPSA) is 80.0 Å². The lowest BCUT2D eigenvalue weighted by atomic mass is 10.2. The van der Waals surface area contributed by atoms with Gasteiger partial charge in [0.05, 0.1) is 23.1 Å². The Hall–Kier alpha value is -2.03. The summed E-state index contributed by atoms with van der Waals surface area (Å²) >= 11 is 12.4. The van der Waals surface area contributed by atoms with Crippen LogP contribution in [0.25, 0.3) is 11.3 Å². The maximum absolute atomic E-state index is 12.1. The van der Waals surface area contributed by atoms with Crippen molar-refractivity contribution in [3.63, 3.8) is 0 Å². The van der Waals surface area contributed by atoms with Gasteiger partial charge in [-0.2, -0.15) is 0 Å². The van der Waals surface area contributed by atoms with Crippen molar-refractivity contribution in [2.45, 2.75) is 32.0 Å². The summed E-state index contributed by atoms with van der Waals surface area (Å²) in [5.74, 6) is 2.10. The first-order valence-electron chi connectivity index (χ1n) is 11.0. The molecule has 0 saturated carbocycles. The minimum Gasteiger partial charge on any atom is -0.491 e. The molecule has 34 heavy (non-hydrogen) atoms. The van der Waals surface area contributed by atoms with Gasteiger partial charge in [-0.25, -0.2) is 8.42 Å². The predicted molar refractivity (Wildman–Crippen MR) is 134 cm³/mol. The number of aliphatic hydroxyl groups excluding tert-OH is 1. The van der Waals surface area contributed by atoms with E-state index in [1.54, 1.807) is 18.2 Å². The Morgan fingerprint density at radius 3 is 2.74 bits per heavy atom. The molecule has 1 aliphatic rings. The number of nitrogens with zero attached hydrogens (tertiary/aromatic N) is 1. The summed E-state index contributed by atoms with van der Waals surface area (Å²) in [7, 11) is -3.09. The second-order valence-corrected chi connectivity index (χ2v) is 11.7. The van der Waals surface area contributed by atoms with Crippen molar-refractivity contribution in [2.24, 2.45) is 0 Å². The third kappa shape index (κ3) is 6.55. The van der Waals surface area contributed by atoms with Gasteiger partial charge in [-0.1, -0.05) is 35.3 Å². The van der Waals surface area contributed by atoms with Crippen LogP contribution in [0.15, 0.2) is 59.0 Å². The molecular weight excluding hydrogens is 497 g/mol. The Bertz CT molecular complexity index is 1240. The molecule has 9 heteroatoms. The molecule has 0 radical (unpaired) electrons. The SMILES string of the molecule is Cc1cccc(OCC(O)CN(Cc2ccc(-c3cc(Cl)ccc3Cl)o2)C2CCS(=O)(=O)C2)c1. The first-order chi connectivity index (χ1) is 16.2. The van der Waals surface area contributed by atoms with Crippen molar-refractivity contribution >= 4 is 33.0 Å². The summed E-state index contributed by atoms with van der Waals surface area (Å²) in [5.41, 5.74) is 1.75. The quantitative estimate of drug-likeness (QED) is 0.425. The molecule has 1 saturated heterocycles. The van der Waals surface area contributed by atoms with Crippen LogP contribution in [-0.2, 0) is 16.4 Å². The zero-order valence-electron chi connectivity index (χ0n) is 18.8. The van der Waals surface area contributed by atoms with Crippen LogP contribution in [0.3, 0.4) is 0 Å². The Morgan fingerprint density at radius 1 is 1.18 bits per heavy atom. The van der Waals surface area contributed by atoms with Crippen LogP contribution < -0.4 is 4.74 Å². The highest BCUT2D eigenvalue weighted by atomic mass is 35.5. The van der Waals surface area contributed by atoms with Crippen LogP contribution in [0, 0.1) is 6.92 Å². The van der Waals surface area contributed by atoms with E-state index < -0.39 is 15.9 Å². The van der Waals surface area contributed by atoms with Gasteiger partial charge < -0.3 is 14.3 Å². The molecule has 4 rings (SSSR count). The second-order valence-electron chi connectivity index (χ2n) is 8.66. The normalized spacial score (nSPS) is 18.3. The lowest BCUT2D eigenvalue weighted by molar-refractivity contribution is 0.0498. The molecule has 0 bridgehead atoms. The molecule has 6 nitrogen and oxygen atoms in total. The number of hydrogen-bond donors (Lipinski definition) is 1. The molecule has 0 spiro atoms. The second kappa shape index (κ2) is 10.7. The first-order valence-corrected chi connectivity index (χ1v) is 13.6. The fraction of sp³-hybridized carbons (Fsp3) is 0.360. The van der Waals surface area contributed by atoms with Gasteiger partial charge in [0.1, 0.15) is 30.0 Å². The van der Waals surface area contributed by atoms with Crippen molar-refractivity contribution in [3.8, 4) is 17.1 Å². The number of benzene rings is 2. The number of furan rings is 1. The minimum atomic E-state index is -3.09. The number of halogens is 2. The van der Waals surface area contributed by atoms with Gasteiger partial charge in [0.15, 0.2) is 9.84 Å². The fourth-order valence-corrected chi connectivity index (χ4v) is 6.27. The van der Waals surface area contributed by atoms with Gasteiger partial charge in [-0.05, 0) is 61.4 Å². The lowest BCUT2D eigenvalue weighted by Gasteiger charge is -2.29. The van der Waals surface area contributed by atoms with E-state index in [-0.39, 0.29) is 30.7 Å². The molecule has 1 fully saturated rings. The van der Waals surface area contributed by atoms with E-state index in [4.69, 9.17) is 32.4 Å². The van der Waals surface area contributed by atoms with E-state index in [2.05, 4.69) is 0 Å². The molecule has 1 N–H and O–H groups in total. The van der Waals surface area contributed by atoms with Gasteiger partial charge in [-0.15, -0.1) is 0 Å². The molecule has 1 aliphatic heterocycles. The summed E-state index contributed by atoms with van der Waals surface area (Å²) in [6.45, 7) is 2.67. The summed E-state index contributed by atoms with van der Waals surface area (Å²) in [6, 6.07) is 16.2. The first kappa shape index (κ1) is 25.1. The van der Waals surface area contributed by atoms with Crippen molar-refractivity contribution in [1.82, 2.24) is 4.90 Å². The molecule has 2 aromatic carbocycles. The van der Waals surface area contributed by atoms with E-state index >= 15 is 0 Å². The van der Waals surface area contributed by atoms with Crippen LogP contribution in [0.4, 0.5) is 0 Å². The van der Waals surface area contributed by atoms with Crippen molar-refractivity contribution in [2.75, 3.05) is 24.7 Å². The maximum atomic E-state index is 12.1. The number of aryl methyl sites for hydroxylation is 1. The molecule has 2 heterocycles. The largest absolute Gasteiger partial charge is 0.491 e. The smallest absolute Gasteiger partial charge is 0.151 e. The molecular formula is C25H27Cl2NO5S. The monoisotopic (exact) mass is 523 g/mol. The standard InChI is InChI=1S/C25H27Cl2NO5S/c1-17-3-2-4-21(11-17)32-15-20(29)13-28(19-9-10-34(30,31)16-19)14-22-6-8-25(33-22)23-12-18(26)5-7-24(23)27/h2-8,11-12,19-20,29H,9-10,13-16H2,1H3. The van der Waals surface area contributed by atoms with Crippen molar-refractivity contribution in [1.29, 1.82) is 0 Å². The van der Waals surface area contributed by atoms with E-state index in [1.165, 1.54) is 0 Å². The van der Waals surface area contributed by atoms with Crippen LogP contribution >= 0.6 is 23.2 Å². The predicted octanol–water partition coefficient (Wildman–Crippen LogP) is 4.99. The van der Waals surface area contributed by atoms with Gasteiger partial charge in [0.2, 0.25) is 0 Å². The van der Waals surface area contributed by atoms with Gasteiger partial charge in [0, 0.05) is 23.2 Å². The van der Waals surface area contributed by atoms with Crippen LogP contribution in [-0.4, -0.2) is 55.2 Å². The number of aliphatic hydroxyl groups is 1. The van der Waals surface area contributed by atoms with Gasteiger partial charge >= 0.3 is 0 Å². The zero-order valence-corrected chi connectivity index (χ0v) is 21.1. The van der Waals surface area contributed by atoms with Crippen LogP contribution in [0.1, 0.15) is 17.7 Å². The Morgan fingerprint density at radius 2 is 2.00 bits per heavy atom. The summed E-state index contributed by atoms with van der Waals surface area (Å²) in [6.07, 6.45) is -0.290. The van der Waals surface area contributed by atoms with Crippen LogP contribution in [0.5, 0.6) is 5.75 Å². The molecule has 182 valence electrons. The molecule has 2 atom stereocenters. The molecule has 2 unspecified atom stereocenters. The Kier molecular flexibility index (Phi) is 7.90. The number of rotatable bonds is 9. The van der Waals surface area contributed by atoms with Crippen molar-refractivity contribution < 1.29 is 22.7 Å². The maximum Gasteiger partial charge on any atom is 0.151 e. The minimum absolute atomic E-state index is 0.0617. The fourth-order valence-electron chi connectivity index (χ4n) is 4.12.